The average molecular weight is 475 g/mol. The zero-order chi connectivity index (χ0) is 24.1. The highest BCUT2D eigenvalue weighted by atomic mass is 19.4. The SMILES string of the molecule is O=C(CCC(F)(F)F)NCc1cnn2cc(CNC(=O)c3cccc(OCC4CC4)c3)nc2c1. The molecule has 8 nitrogen and oxygen atoms in total. The molecule has 1 aromatic carbocycles. The number of imidazole rings is 1. The lowest BCUT2D eigenvalue weighted by Gasteiger charge is -2.07. The predicted molar refractivity (Wildman–Crippen MR) is 116 cm³/mol. The fourth-order valence-corrected chi connectivity index (χ4v) is 3.19. The van der Waals surface area contributed by atoms with Crippen LogP contribution < -0.4 is 15.4 Å². The summed E-state index contributed by atoms with van der Waals surface area (Å²) in [6.07, 6.45) is -0.625. The molecule has 1 aliphatic rings. The van der Waals surface area contributed by atoms with Gasteiger partial charge in [-0.15, -0.1) is 0 Å². The van der Waals surface area contributed by atoms with Crippen molar-refractivity contribution in [2.45, 2.75) is 44.9 Å². The second-order valence-electron chi connectivity index (χ2n) is 8.26. The van der Waals surface area contributed by atoms with Crippen molar-refractivity contribution >= 4 is 17.5 Å². The predicted octanol–water partition coefficient (Wildman–Crippen LogP) is 3.41. The lowest BCUT2D eigenvalue weighted by molar-refractivity contribution is -0.144. The third-order valence-electron chi connectivity index (χ3n) is 5.26. The van der Waals surface area contributed by atoms with Gasteiger partial charge in [-0.3, -0.25) is 9.59 Å². The van der Waals surface area contributed by atoms with Gasteiger partial charge in [-0.05, 0) is 48.6 Å². The van der Waals surface area contributed by atoms with E-state index in [1.54, 1.807) is 30.5 Å². The summed E-state index contributed by atoms with van der Waals surface area (Å²) < 4.78 is 43.9. The van der Waals surface area contributed by atoms with Crippen LogP contribution in [-0.4, -0.2) is 39.2 Å². The molecule has 180 valence electrons. The molecular formula is C23H24F3N5O3. The van der Waals surface area contributed by atoms with E-state index >= 15 is 0 Å². The fraction of sp³-hybridized carbons (Fsp3) is 0.391. The van der Waals surface area contributed by atoms with Crippen molar-refractivity contribution in [3.63, 3.8) is 0 Å². The van der Waals surface area contributed by atoms with Crippen LogP contribution in [0.4, 0.5) is 13.2 Å². The average Bonchev–Trinajstić information content (AvgIpc) is 3.55. The number of amides is 2. The molecule has 2 heterocycles. The molecule has 1 saturated carbocycles. The summed E-state index contributed by atoms with van der Waals surface area (Å²) >= 11 is 0. The van der Waals surface area contributed by atoms with E-state index in [9.17, 15) is 22.8 Å². The van der Waals surface area contributed by atoms with Crippen molar-refractivity contribution in [2.24, 2.45) is 5.92 Å². The zero-order valence-electron chi connectivity index (χ0n) is 18.3. The Labute approximate surface area is 193 Å². The summed E-state index contributed by atoms with van der Waals surface area (Å²) in [5, 5.41) is 9.45. The van der Waals surface area contributed by atoms with Gasteiger partial charge in [0.1, 0.15) is 5.75 Å². The minimum absolute atomic E-state index is 0.0400. The number of nitrogens with zero attached hydrogens (tertiary/aromatic N) is 3. The molecule has 11 heteroatoms. The maximum Gasteiger partial charge on any atom is 0.389 e. The molecule has 0 radical (unpaired) electrons. The Hall–Kier alpha value is -3.63. The summed E-state index contributed by atoms with van der Waals surface area (Å²) in [4.78, 5) is 28.5. The molecule has 0 aliphatic heterocycles. The molecule has 1 fully saturated rings. The van der Waals surface area contributed by atoms with Crippen LogP contribution in [0.3, 0.4) is 0 Å². The van der Waals surface area contributed by atoms with E-state index in [1.807, 2.05) is 6.07 Å². The minimum atomic E-state index is -4.37. The van der Waals surface area contributed by atoms with Gasteiger partial charge in [0.15, 0.2) is 5.65 Å². The lowest BCUT2D eigenvalue weighted by Crippen LogP contribution is -2.24. The maximum atomic E-state index is 12.5. The van der Waals surface area contributed by atoms with E-state index in [2.05, 4.69) is 20.7 Å². The first-order chi connectivity index (χ1) is 16.2. The van der Waals surface area contributed by atoms with Crippen LogP contribution in [0.15, 0.2) is 42.7 Å². The number of carbonyl (C=O) groups excluding carboxylic acids is 2. The number of nitrogens with one attached hydrogen (secondary N) is 2. The molecule has 2 amide bonds. The van der Waals surface area contributed by atoms with Gasteiger partial charge in [-0.2, -0.15) is 18.3 Å². The van der Waals surface area contributed by atoms with Gasteiger partial charge in [-0.1, -0.05) is 6.07 Å². The van der Waals surface area contributed by atoms with E-state index in [0.717, 1.165) is 0 Å². The molecule has 2 aromatic heterocycles. The van der Waals surface area contributed by atoms with E-state index < -0.39 is 24.9 Å². The summed E-state index contributed by atoms with van der Waals surface area (Å²) in [6, 6.07) is 8.68. The van der Waals surface area contributed by atoms with Gasteiger partial charge >= 0.3 is 6.18 Å². The Morgan fingerprint density at radius 2 is 1.97 bits per heavy atom. The van der Waals surface area contributed by atoms with Gasteiger partial charge in [0.25, 0.3) is 5.91 Å². The summed E-state index contributed by atoms with van der Waals surface area (Å²) in [5.41, 5.74) is 2.14. The van der Waals surface area contributed by atoms with Crippen molar-refractivity contribution < 1.29 is 27.5 Å². The smallest absolute Gasteiger partial charge is 0.389 e. The number of fused-ring (bicyclic) bond motifs is 1. The van der Waals surface area contributed by atoms with Gasteiger partial charge in [0.2, 0.25) is 5.91 Å². The molecule has 1 aliphatic carbocycles. The summed E-state index contributed by atoms with van der Waals surface area (Å²) in [7, 11) is 0. The molecule has 0 saturated heterocycles. The molecule has 2 N–H and O–H groups in total. The van der Waals surface area contributed by atoms with Crippen LogP contribution in [0.5, 0.6) is 5.75 Å². The van der Waals surface area contributed by atoms with Crippen LogP contribution in [0, 0.1) is 5.92 Å². The number of carbonyl (C=O) groups is 2. The van der Waals surface area contributed by atoms with E-state index in [-0.39, 0.29) is 19.0 Å². The Morgan fingerprint density at radius 3 is 2.74 bits per heavy atom. The summed E-state index contributed by atoms with van der Waals surface area (Å²) in [6.45, 7) is 0.885. The fourth-order valence-electron chi connectivity index (χ4n) is 3.19. The minimum Gasteiger partial charge on any atom is -0.493 e. The van der Waals surface area contributed by atoms with Gasteiger partial charge < -0.3 is 15.4 Å². The molecule has 3 aromatic rings. The molecule has 4 rings (SSSR count). The topological polar surface area (TPSA) is 97.6 Å². The van der Waals surface area contributed by atoms with E-state index in [0.29, 0.717) is 40.7 Å². The zero-order valence-corrected chi connectivity index (χ0v) is 18.3. The molecule has 0 spiro atoms. The third kappa shape index (κ3) is 6.93. The monoisotopic (exact) mass is 475 g/mol. The van der Waals surface area contributed by atoms with Crippen LogP contribution in [0.25, 0.3) is 5.65 Å². The first kappa shape index (κ1) is 23.5. The highest BCUT2D eigenvalue weighted by Gasteiger charge is 2.27. The largest absolute Gasteiger partial charge is 0.493 e. The second kappa shape index (κ2) is 10.1. The number of alkyl halides is 3. The molecule has 0 bridgehead atoms. The lowest BCUT2D eigenvalue weighted by atomic mass is 10.2. The molecule has 0 unspecified atom stereocenters. The number of aromatic nitrogens is 3. The third-order valence-corrected chi connectivity index (χ3v) is 5.26. The van der Waals surface area contributed by atoms with Gasteiger partial charge in [0, 0.05) is 18.5 Å². The van der Waals surface area contributed by atoms with Crippen molar-refractivity contribution in [3.05, 3.63) is 59.5 Å². The Morgan fingerprint density at radius 1 is 1.15 bits per heavy atom. The first-order valence-electron chi connectivity index (χ1n) is 10.9. The first-order valence-corrected chi connectivity index (χ1v) is 10.9. The normalized spacial score (nSPS) is 13.6. The maximum absolute atomic E-state index is 12.5. The van der Waals surface area contributed by atoms with Crippen molar-refractivity contribution in [2.75, 3.05) is 6.61 Å². The van der Waals surface area contributed by atoms with Crippen LogP contribution >= 0.6 is 0 Å². The standard InChI is InChI=1S/C23H24F3N5O3/c24-23(25,26)7-6-21(32)27-10-16-8-20-30-18(13-31(20)29-11-16)12-28-22(33)17-2-1-3-19(9-17)34-14-15-4-5-15/h1-3,8-9,11,13,15H,4-7,10,12,14H2,(H,27,32)(H,28,33). The van der Waals surface area contributed by atoms with Gasteiger partial charge in [-0.25, -0.2) is 9.50 Å². The second-order valence-corrected chi connectivity index (χ2v) is 8.26. The van der Waals surface area contributed by atoms with Gasteiger partial charge in [0.05, 0.1) is 37.7 Å². The van der Waals surface area contributed by atoms with Crippen molar-refractivity contribution in [1.29, 1.82) is 0 Å². The number of hydrogen-bond acceptors (Lipinski definition) is 5. The van der Waals surface area contributed by atoms with Crippen molar-refractivity contribution in [3.8, 4) is 5.75 Å². The highest BCUT2D eigenvalue weighted by molar-refractivity contribution is 5.94. The Kier molecular flexibility index (Phi) is 6.99. The number of halogens is 3. The number of ether oxygens (including phenoxy) is 1. The number of rotatable bonds is 10. The van der Waals surface area contributed by atoms with Crippen LogP contribution in [0.2, 0.25) is 0 Å². The van der Waals surface area contributed by atoms with E-state index in [4.69, 9.17) is 4.74 Å². The number of hydrogen-bond donors (Lipinski definition) is 2. The summed E-state index contributed by atoms with van der Waals surface area (Å²) in [5.74, 6) is 0.330. The van der Waals surface area contributed by atoms with Crippen molar-refractivity contribution in [1.82, 2.24) is 25.2 Å². The molecule has 0 atom stereocenters. The molecule has 34 heavy (non-hydrogen) atoms. The highest BCUT2D eigenvalue weighted by Crippen LogP contribution is 2.29. The Bertz CT molecular complexity index is 1170. The van der Waals surface area contributed by atoms with E-state index in [1.165, 1.54) is 23.6 Å². The quantitative estimate of drug-likeness (QED) is 0.469. The number of benzene rings is 1. The molecular weight excluding hydrogens is 451 g/mol. The van der Waals surface area contributed by atoms with Crippen LogP contribution in [0.1, 0.15) is 47.3 Å². The van der Waals surface area contributed by atoms with Crippen LogP contribution in [-0.2, 0) is 17.9 Å². The Balaban J connectivity index is 1.29.